The summed E-state index contributed by atoms with van der Waals surface area (Å²) >= 11 is 0. The van der Waals surface area contributed by atoms with Crippen LogP contribution in [0.4, 0.5) is 27.4 Å². The highest BCUT2D eigenvalue weighted by Crippen LogP contribution is 2.49. The van der Waals surface area contributed by atoms with Crippen LogP contribution in [0.2, 0.25) is 0 Å². The van der Waals surface area contributed by atoms with Crippen LogP contribution in [0.5, 0.6) is 0 Å². The number of aromatic nitrogens is 2. The van der Waals surface area contributed by atoms with E-state index in [1.807, 2.05) is 37.3 Å². The third-order valence-corrected chi connectivity index (χ3v) is 6.25. The Kier molecular flexibility index (Phi) is 5.25. The lowest BCUT2D eigenvalue weighted by Crippen LogP contribution is -2.27. The van der Waals surface area contributed by atoms with Crippen LogP contribution in [0.15, 0.2) is 54.6 Å². The Bertz CT molecular complexity index is 1120. The van der Waals surface area contributed by atoms with Crippen LogP contribution in [-0.2, 0) is 10.2 Å². The van der Waals surface area contributed by atoms with Gasteiger partial charge in [-0.2, -0.15) is 0 Å². The molecule has 0 spiro atoms. The van der Waals surface area contributed by atoms with Crippen LogP contribution in [0.25, 0.3) is 0 Å². The number of benzene rings is 2. The maximum absolute atomic E-state index is 13.2. The average Bonchev–Trinajstić information content (AvgIpc) is 3.41. The van der Waals surface area contributed by atoms with Crippen LogP contribution in [0.3, 0.4) is 0 Å². The van der Waals surface area contributed by atoms with Gasteiger partial charge in [0.2, 0.25) is 5.91 Å². The minimum atomic E-state index is -0.547. The first-order chi connectivity index (χ1) is 15.5. The summed E-state index contributed by atoms with van der Waals surface area (Å²) in [6, 6.07) is 15.8. The van der Waals surface area contributed by atoms with Gasteiger partial charge in [0.1, 0.15) is 23.3 Å². The summed E-state index contributed by atoms with van der Waals surface area (Å²) in [7, 11) is 0. The van der Waals surface area contributed by atoms with Crippen molar-refractivity contribution in [3.63, 3.8) is 0 Å². The predicted molar refractivity (Wildman–Crippen MR) is 124 cm³/mol. The molecule has 0 radical (unpaired) electrons. The minimum absolute atomic E-state index is 0.0495. The highest BCUT2D eigenvalue weighted by atomic mass is 19.1. The molecule has 5 rings (SSSR count). The van der Waals surface area contributed by atoms with Crippen LogP contribution in [0, 0.1) is 12.7 Å². The molecule has 1 saturated carbocycles. The Morgan fingerprint density at radius 1 is 0.969 bits per heavy atom. The fourth-order valence-corrected chi connectivity index (χ4v) is 4.30. The number of anilines is 4. The summed E-state index contributed by atoms with van der Waals surface area (Å²) in [4.78, 5) is 24.3. The molecule has 1 amide bonds. The number of halogens is 1. The molecule has 6 nitrogen and oxygen atoms in total. The number of nitrogens with one attached hydrogen (secondary N) is 2. The van der Waals surface area contributed by atoms with Gasteiger partial charge in [-0.25, -0.2) is 14.4 Å². The summed E-state index contributed by atoms with van der Waals surface area (Å²) < 4.78 is 13.2. The van der Waals surface area contributed by atoms with Gasteiger partial charge in [0.05, 0.1) is 5.41 Å². The van der Waals surface area contributed by atoms with Gasteiger partial charge in [-0.05, 0) is 74.6 Å². The van der Waals surface area contributed by atoms with Gasteiger partial charge in [-0.15, -0.1) is 0 Å². The number of hydrogen-bond donors (Lipinski definition) is 2. The molecule has 164 valence electrons. The second-order valence-corrected chi connectivity index (χ2v) is 8.60. The molecule has 7 heteroatoms. The highest BCUT2D eigenvalue weighted by Gasteiger charge is 2.51. The second kappa shape index (κ2) is 8.22. The maximum Gasteiger partial charge on any atom is 0.235 e. The third kappa shape index (κ3) is 4.15. The fraction of sp³-hybridized carbons (Fsp3) is 0.320. The predicted octanol–water partition coefficient (Wildman–Crippen LogP) is 4.94. The topological polar surface area (TPSA) is 70.2 Å². The van der Waals surface area contributed by atoms with Gasteiger partial charge in [0, 0.05) is 30.5 Å². The number of carbonyl (C=O) groups is 1. The smallest absolute Gasteiger partial charge is 0.235 e. The van der Waals surface area contributed by atoms with E-state index < -0.39 is 5.41 Å². The molecule has 2 fully saturated rings. The van der Waals surface area contributed by atoms with Crippen molar-refractivity contribution < 1.29 is 9.18 Å². The molecule has 1 aliphatic heterocycles. The van der Waals surface area contributed by atoms with Gasteiger partial charge >= 0.3 is 0 Å². The monoisotopic (exact) mass is 431 g/mol. The first-order valence-corrected chi connectivity index (χ1v) is 11.1. The van der Waals surface area contributed by atoms with E-state index in [0.29, 0.717) is 0 Å². The Morgan fingerprint density at radius 3 is 2.28 bits per heavy atom. The van der Waals surface area contributed by atoms with Gasteiger partial charge in [0.15, 0.2) is 0 Å². The minimum Gasteiger partial charge on any atom is -0.356 e. The van der Waals surface area contributed by atoms with E-state index in [9.17, 15) is 9.18 Å². The van der Waals surface area contributed by atoms with Gasteiger partial charge in [-0.3, -0.25) is 4.79 Å². The van der Waals surface area contributed by atoms with Crippen LogP contribution in [-0.4, -0.2) is 29.0 Å². The molecule has 3 aromatic rings. The number of hydrogen-bond acceptors (Lipinski definition) is 5. The molecular weight excluding hydrogens is 405 g/mol. The number of nitrogens with zero attached hydrogens (tertiary/aromatic N) is 3. The van der Waals surface area contributed by atoms with Crippen molar-refractivity contribution in [3.8, 4) is 0 Å². The lowest BCUT2D eigenvalue weighted by molar-refractivity contribution is -0.118. The van der Waals surface area contributed by atoms with Crippen LogP contribution < -0.4 is 15.5 Å². The van der Waals surface area contributed by atoms with Crippen molar-refractivity contribution in [2.24, 2.45) is 0 Å². The van der Waals surface area contributed by atoms with Crippen molar-refractivity contribution in [1.82, 2.24) is 9.97 Å². The zero-order valence-corrected chi connectivity index (χ0v) is 18.1. The molecule has 2 aromatic carbocycles. The zero-order chi connectivity index (χ0) is 22.1. The summed E-state index contributed by atoms with van der Waals surface area (Å²) in [5.41, 5.74) is 1.93. The van der Waals surface area contributed by atoms with E-state index in [-0.39, 0.29) is 11.7 Å². The quantitative estimate of drug-likeness (QED) is 0.579. The Balaban J connectivity index is 1.26. The second-order valence-electron chi connectivity index (χ2n) is 8.60. The summed E-state index contributed by atoms with van der Waals surface area (Å²) in [6.45, 7) is 3.96. The van der Waals surface area contributed by atoms with E-state index in [4.69, 9.17) is 0 Å². The molecule has 2 heterocycles. The summed E-state index contributed by atoms with van der Waals surface area (Å²) in [5, 5.41) is 6.35. The molecule has 2 aliphatic rings. The van der Waals surface area contributed by atoms with E-state index in [1.165, 1.54) is 25.0 Å². The van der Waals surface area contributed by atoms with Gasteiger partial charge in [-0.1, -0.05) is 12.1 Å². The summed E-state index contributed by atoms with van der Waals surface area (Å²) in [6.07, 6.45) is 3.94. The molecule has 1 saturated heterocycles. The van der Waals surface area contributed by atoms with Crippen LogP contribution >= 0.6 is 0 Å². The van der Waals surface area contributed by atoms with E-state index in [2.05, 4.69) is 25.5 Å². The number of rotatable bonds is 6. The number of aryl methyl sites for hydroxylation is 1. The SMILES string of the molecule is Cc1nc(Nc2ccc(NC(=O)C3(c4ccc(F)cc4)CC3)cc2)cc(N2CCCC2)n1. The summed E-state index contributed by atoms with van der Waals surface area (Å²) in [5.74, 6) is 2.10. The Morgan fingerprint density at radius 2 is 1.62 bits per heavy atom. The molecule has 1 aromatic heterocycles. The van der Waals surface area contributed by atoms with Crippen molar-refractivity contribution in [1.29, 1.82) is 0 Å². The number of amides is 1. The number of carbonyl (C=O) groups excluding carboxylic acids is 1. The Labute approximate surface area is 186 Å². The first kappa shape index (κ1) is 20.4. The van der Waals surface area contributed by atoms with Crippen molar-refractivity contribution >= 4 is 28.9 Å². The highest BCUT2D eigenvalue weighted by molar-refractivity contribution is 6.01. The molecule has 32 heavy (non-hydrogen) atoms. The maximum atomic E-state index is 13.2. The lowest BCUT2D eigenvalue weighted by atomic mass is 9.95. The Hall–Kier alpha value is -3.48. The molecule has 2 N–H and O–H groups in total. The molecular formula is C25H26FN5O. The van der Waals surface area contributed by atoms with Crippen molar-refractivity contribution in [2.75, 3.05) is 28.6 Å². The van der Waals surface area contributed by atoms with Crippen molar-refractivity contribution in [3.05, 3.63) is 71.8 Å². The zero-order valence-electron chi connectivity index (χ0n) is 18.1. The van der Waals surface area contributed by atoms with Crippen LogP contribution in [0.1, 0.15) is 37.1 Å². The van der Waals surface area contributed by atoms with E-state index >= 15 is 0 Å². The molecule has 0 bridgehead atoms. The lowest BCUT2D eigenvalue weighted by Gasteiger charge is -2.18. The average molecular weight is 432 g/mol. The van der Waals surface area contributed by atoms with E-state index in [0.717, 1.165) is 60.3 Å². The standard InChI is InChI=1S/C25H26FN5O/c1-17-27-22(16-23(28-17)31-14-2-3-15-31)29-20-8-10-21(11-9-20)30-24(32)25(12-13-25)18-4-6-19(26)7-5-18/h4-11,16H,2-3,12-15H2,1H3,(H,30,32)(H,27,28,29). The molecule has 1 aliphatic carbocycles. The van der Waals surface area contributed by atoms with Gasteiger partial charge < -0.3 is 15.5 Å². The van der Waals surface area contributed by atoms with Crippen molar-refractivity contribution in [2.45, 2.75) is 38.0 Å². The fourth-order valence-electron chi connectivity index (χ4n) is 4.30. The molecule has 0 unspecified atom stereocenters. The third-order valence-electron chi connectivity index (χ3n) is 6.25. The first-order valence-electron chi connectivity index (χ1n) is 11.1. The van der Waals surface area contributed by atoms with E-state index in [1.54, 1.807) is 12.1 Å². The molecule has 0 atom stereocenters. The normalized spacial score (nSPS) is 16.6. The van der Waals surface area contributed by atoms with Gasteiger partial charge in [0.25, 0.3) is 0 Å². The largest absolute Gasteiger partial charge is 0.356 e.